The van der Waals surface area contributed by atoms with Crippen molar-refractivity contribution in [1.29, 1.82) is 0 Å². The van der Waals surface area contributed by atoms with Crippen molar-refractivity contribution in [3.63, 3.8) is 0 Å². The molecule has 1 heterocycles. The predicted octanol–water partition coefficient (Wildman–Crippen LogP) is 2.90. The Bertz CT molecular complexity index is 241. The number of hydrazone groups is 1. The Morgan fingerprint density at radius 3 is 2.44 bits per heavy atom. The lowest BCUT2D eigenvalue weighted by Gasteiger charge is -2.25. The number of hydrogen-bond donors (Lipinski definition) is 0. The molecule has 1 unspecified atom stereocenters. The zero-order valence-electron chi connectivity index (χ0n) is 9.04. The van der Waals surface area contributed by atoms with Crippen LogP contribution in [0.15, 0.2) is 5.10 Å². The fraction of sp³-hybridized carbons (Fsp3) is 0.889. The van der Waals surface area contributed by atoms with Gasteiger partial charge in [-0.25, -0.2) is 9.91 Å². The number of hydrogen-bond acceptors (Lipinski definition) is 3. The first-order valence-electron chi connectivity index (χ1n) is 5.26. The molecule has 0 aromatic carbocycles. The molecule has 0 amide bonds. The van der Waals surface area contributed by atoms with Crippen LogP contribution in [-0.4, -0.2) is 35.5 Å². The summed E-state index contributed by atoms with van der Waals surface area (Å²) in [6.45, 7) is 2.24. The van der Waals surface area contributed by atoms with Gasteiger partial charge in [-0.1, -0.05) is 26.2 Å². The first-order valence-corrected chi connectivity index (χ1v) is 5.26. The van der Waals surface area contributed by atoms with Gasteiger partial charge in [0.1, 0.15) is 6.34 Å². The maximum atomic E-state index is 13.3. The molecule has 16 heavy (non-hydrogen) atoms. The quantitative estimate of drug-likeness (QED) is 0.418. The minimum Gasteiger partial charge on any atom is -0.245 e. The highest BCUT2D eigenvalue weighted by molar-refractivity contribution is 5.57. The summed E-state index contributed by atoms with van der Waals surface area (Å²) in [6, 6.07) is 0. The zero-order chi connectivity index (χ0) is 12.2. The minimum absolute atomic E-state index is 0.213. The van der Waals surface area contributed by atoms with E-state index in [2.05, 4.69) is 5.10 Å². The van der Waals surface area contributed by atoms with Crippen LogP contribution in [0.5, 0.6) is 0 Å². The van der Waals surface area contributed by atoms with Gasteiger partial charge in [-0.3, -0.25) is 0 Å². The van der Waals surface area contributed by atoms with Gasteiger partial charge in [0, 0.05) is 6.54 Å². The largest absolute Gasteiger partial charge is 0.489 e. The summed E-state index contributed by atoms with van der Waals surface area (Å²) >= 11 is 0. The monoisotopic (exact) mass is 241 g/mol. The van der Waals surface area contributed by atoms with E-state index in [0.717, 1.165) is 24.3 Å². The first-order chi connectivity index (χ1) is 7.46. The third-order valence-corrected chi connectivity index (χ3v) is 2.33. The van der Waals surface area contributed by atoms with Gasteiger partial charge >= 0.3 is 6.30 Å². The number of nitrogens with zero attached hydrogens (tertiary/aromatic N) is 3. The molecule has 0 aromatic rings. The molecule has 0 bridgehead atoms. The summed E-state index contributed by atoms with van der Waals surface area (Å²) in [5.41, 5.74) is 0. The predicted molar refractivity (Wildman–Crippen MR) is 52.1 cm³/mol. The summed E-state index contributed by atoms with van der Waals surface area (Å²) in [5.74, 6) is 0. The van der Waals surface area contributed by atoms with Crippen LogP contribution in [0, 0.1) is 0 Å². The van der Waals surface area contributed by atoms with E-state index < -0.39 is 12.7 Å². The molecule has 0 radical (unpaired) electrons. The van der Waals surface area contributed by atoms with Gasteiger partial charge < -0.3 is 0 Å². The van der Waals surface area contributed by atoms with E-state index in [1.165, 1.54) is 0 Å². The fourth-order valence-corrected chi connectivity index (χ4v) is 1.43. The number of alkyl halides is 4. The number of halogens is 4. The van der Waals surface area contributed by atoms with Crippen molar-refractivity contribution >= 4 is 6.34 Å². The molecule has 1 aliphatic heterocycles. The second kappa shape index (κ2) is 5.36. The van der Waals surface area contributed by atoms with Crippen LogP contribution >= 0.6 is 0 Å². The van der Waals surface area contributed by atoms with E-state index in [4.69, 9.17) is 0 Å². The molecule has 1 aliphatic rings. The average molecular weight is 241 g/mol. The molecule has 0 aromatic heterocycles. The lowest BCUT2D eigenvalue weighted by molar-refractivity contribution is -0.252. The Balaban J connectivity index is 2.34. The highest BCUT2D eigenvalue weighted by Gasteiger charge is 2.45. The molecule has 94 valence electrons. The molecule has 0 saturated carbocycles. The van der Waals surface area contributed by atoms with Gasteiger partial charge in [-0.05, 0) is 6.42 Å². The van der Waals surface area contributed by atoms with E-state index in [1.807, 2.05) is 6.92 Å². The molecular formula is C9H15F4N3. The molecule has 7 heteroatoms. The first kappa shape index (κ1) is 13.1. The van der Waals surface area contributed by atoms with Crippen molar-refractivity contribution in [3.8, 4) is 0 Å². The molecule has 0 saturated heterocycles. The molecule has 3 nitrogen and oxygen atoms in total. The lowest BCUT2D eigenvalue weighted by atomic mass is 10.2. The maximum absolute atomic E-state index is 13.3. The summed E-state index contributed by atoms with van der Waals surface area (Å²) < 4.78 is 49.9. The highest BCUT2D eigenvalue weighted by Crippen LogP contribution is 2.28. The van der Waals surface area contributed by atoms with Crippen molar-refractivity contribution in [2.24, 2.45) is 5.10 Å². The van der Waals surface area contributed by atoms with Gasteiger partial charge in [0.05, 0.1) is 0 Å². The Morgan fingerprint density at radius 2 is 1.94 bits per heavy atom. The van der Waals surface area contributed by atoms with Crippen molar-refractivity contribution in [2.75, 3.05) is 6.54 Å². The van der Waals surface area contributed by atoms with E-state index in [1.54, 1.807) is 0 Å². The van der Waals surface area contributed by atoms with Crippen molar-refractivity contribution in [3.05, 3.63) is 0 Å². The van der Waals surface area contributed by atoms with Crippen LogP contribution in [0.1, 0.15) is 32.6 Å². The molecule has 1 rings (SSSR count). The van der Waals surface area contributed by atoms with Crippen LogP contribution in [-0.2, 0) is 0 Å². The van der Waals surface area contributed by atoms with Gasteiger partial charge in [-0.2, -0.15) is 9.49 Å². The lowest BCUT2D eigenvalue weighted by Crippen LogP contribution is -2.44. The second-order valence-corrected chi connectivity index (χ2v) is 3.64. The Morgan fingerprint density at radius 1 is 1.25 bits per heavy atom. The Hall–Kier alpha value is -1.01. The highest BCUT2D eigenvalue weighted by atomic mass is 19.4. The van der Waals surface area contributed by atoms with E-state index in [9.17, 15) is 17.6 Å². The maximum Gasteiger partial charge on any atom is 0.489 e. The summed E-state index contributed by atoms with van der Waals surface area (Å²) in [4.78, 5) is -0.340. The number of unbranched alkanes of at least 4 members (excludes halogenated alkanes) is 3. The summed E-state index contributed by atoms with van der Waals surface area (Å²) in [6.07, 6.45) is -2.89. The van der Waals surface area contributed by atoms with Crippen molar-refractivity contribution in [2.45, 2.75) is 45.3 Å². The molecule has 0 N–H and O–H groups in total. The van der Waals surface area contributed by atoms with E-state index in [-0.39, 0.29) is 11.4 Å². The van der Waals surface area contributed by atoms with Crippen LogP contribution in [0.4, 0.5) is 17.6 Å². The molecule has 0 fully saturated rings. The van der Waals surface area contributed by atoms with Crippen LogP contribution in [0.2, 0.25) is 0 Å². The van der Waals surface area contributed by atoms with E-state index in [0.29, 0.717) is 12.8 Å². The van der Waals surface area contributed by atoms with E-state index >= 15 is 0 Å². The molecular weight excluding hydrogens is 226 g/mol. The third kappa shape index (κ3) is 3.24. The summed E-state index contributed by atoms with van der Waals surface area (Å²) in [5, 5.41) is 4.22. The zero-order valence-corrected chi connectivity index (χ0v) is 9.04. The van der Waals surface area contributed by atoms with Crippen LogP contribution in [0.3, 0.4) is 0 Å². The SMILES string of the molecule is CCCCCCN1N=CN(C(F)(F)F)C1F. The van der Waals surface area contributed by atoms with Crippen LogP contribution in [0.25, 0.3) is 0 Å². The third-order valence-electron chi connectivity index (χ3n) is 2.33. The van der Waals surface area contributed by atoms with Gasteiger partial charge in [0.25, 0.3) is 6.42 Å². The minimum atomic E-state index is -4.71. The normalized spacial score (nSPS) is 20.9. The molecule has 0 spiro atoms. The fourth-order valence-electron chi connectivity index (χ4n) is 1.43. The number of rotatable bonds is 5. The van der Waals surface area contributed by atoms with Crippen molar-refractivity contribution < 1.29 is 17.6 Å². The topological polar surface area (TPSA) is 18.8 Å². The second-order valence-electron chi connectivity index (χ2n) is 3.64. The van der Waals surface area contributed by atoms with Gasteiger partial charge in [0.2, 0.25) is 0 Å². The Labute approximate surface area is 91.7 Å². The molecule has 0 aliphatic carbocycles. The standard InChI is InChI=1S/C9H15F4N3/c1-2-3-4-5-6-16-8(10)15(7-14-16)9(11,12)13/h7-8H,2-6H2,1H3. The molecule has 1 atom stereocenters. The van der Waals surface area contributed by atoms with Crippen LogP contribution < -0.4 is 0 Å². The van der Waals surface area contributed by atoms with Gasteiger partial charge in [0.15, 0.2) is 0 Å². The summed E-state index contributed by atoms with van der Waals surface area (Å²) in [7, 11) is 0. The smallest absolute Gasteiger partial charge is 0.245 e. The Kier molecular flexibility index (Phi) is 4.37. The average Bonchev–Trinajstić information content (AvgIpc) is 2.54. The van der Waals surface area contributed by atoms with Crippen molar-refractivity contribution in [1.82, 2.24) is 9.91 Å². The van der Waals surface area contributed by atoms with Gasteiger partial charge in [-0.15, -0.1) is 13.2 Å².